The Morgan fingerprint density at radius 3 is 2.85 bits per heavy atom. The molecule has 0 bridgehead atoms. The number of rotatable bonds is 5. The van der Waals surface area contributed by atoms with Gasteiger partial charge in [-0.2, -0.15) is 0 Å². The fraction of sp³-hybridized carbons (Fsp3) is 0.462. The van der Waals surface area contributed by atoms with Crippen LogP contribution in [0.1, 0.15) is 29.6 Å². The maximum absolute atomic E-state index is 10.9. The number of ether oxygens (including phenoxy) is 1. The number of carboxylic acids is 1. The Bertz CT molecular complexity index is 531. The van der Waals surface area contributed by atoms with Crippen molar-refractivity contribution in [3.8, 4) is 0 Å². The normalized spacial score (nSPS) is 21.6. The number of methoxy groups -OCH3 is 1. The predicted molar refractivity (Wildman–Crippen MR) is 72.1 cm³/mol. The summed E-state index contributed by atoms with van der Waals surface area (Å²) >= 11 is 0. The summed E-state index contributed by atoms with van der Waals surface area (Å²) in [6.45, 7) is 0. The second-order valence-electron chi connectivity index (χ2n) is 4.75. The highest BCUT2D eigenvalue weighted by Gasteiger charge is 2.28. The zero-order valence-corrected chi connectivity index (χ0v) is 11.0. The van der Waals surface area contributed by atoms with E-state index in [1.54, 1.807) is 13.2 Å². The molecule has 0 saturated heterocycles. The van der Waals surface area contributed by atoms with Gasteiger partial charge in [0.05, 0.1) is 17.1 Å². The van der Waals surface area contributed by atoms with E-state index < -0.39 is 16.6 Å². The number of nitro groups is 1. The van der Waals surface area contributed by atoms with Crippen molar-refractivity contribution in [1.29, 1.82) is 0 Å². The lowest BCUT2D eigenvalue weighted by Gasteiger charge is -2.20. The molecule has 2 rings (SSSR count). The van der Waals surface area contributed by atoms with Gasteiger partial charge in [0, 0.05) is 18.9 Å². The molecule has 0 spiro atoms. The molecule has 1 aromatic rings. The second-order valence-corrected chi connectivity index (χ2v) is 4.75. The number of hydrogen-bond donors (Lipinski definition) is 2. The van der Waals surface area contributed by atoms with Crippen LogP contribution in [0.2, 0.25) is 0 Å². The predicted octanol–water partition coefficient (Wildman–Crippen LogP) is 2.27. The van der Waals surface area contributed by atoms with Crippen LogP contribution in [0.4, 0.5) is 11.4 Å². The van der Waals surface area contributed by atoms with E-state index in [2.05, 4.69) is 5.32 Å². The van der Waals surface area contributed by atoms with Crippen LogP contribution in [0.3, 0.4) is 0 Å². The van der Waals surface area contributed by atoms with E-state index in [-0.39, 0.29) is 17.7 Å². The molecule has 108 valence electrons. The lowest BCUT2D eigenvalue weighted by molar-refractivity contribution is -0.385. The molecule has 7 heteroatoms. The Morgan fingerprint density at radius 2 is 2.25 bits per heavy atom. The first-order valence-corrected chi connectivity index (χ1v) is 6.34. The minimum Gasteiger partial charge on any atom is -0.477 e. The van der Waals surface area contributed by atoms with E-state index in [4.69, 9.17) is 9.84 Å². The van der Waals surface area contributed by atoms with Crippen molar-refractivity contribution in [2.45, 2.75) is 31.4 Å². The van der Waals surface area contributed by atoms with Gasteiger partial charge in [-0.25, -0.2) is 4.79 Å². The third-order valence-corrected chi connectivity index (χ3v) is 3.53. The Hall–Kier alpha value is -2.15. The molecule has 2 atom stereocenters. The van der Waals surface area contributed by atoms with Crippen LogP contribution in [-0.2, 0) is 4.74 Å². The van der Waals surface area contributed by atoms with Gasteiger partial charge in [0.2, 0.25) is 0 Å². The van der Waals surface area contributed by atoms with Crippen LogP contribution in [0.15, 0.2) is 18.2 Å². The molecule has 1 fully saturated rings. The Balaban J connectivity index is 2.23. The number of nitro benzene ring substituents is 1. The number of aromatic carboxylic acids is 1. The standard InChI is InChI=1S/C13H16N2O5/c1-20-12-4-2-3-10(12)14-8-5-6-9(13(16)17)11(7-8)15(18)19/h5-7,10,12,14H,2-4H2,1H3,(H,16,17). The summed E-state index contributed by atoms with van der Waals surface area (Å²) in [7, 11) is 1.64. The van der Waals surface area contributed by atoms with Crippen molar-refractivity contribution >= 4 is 17.3 Å². The summed E-state index contributed by atoms with van der Waals surface area (Å²) in [5.41, 5.74) is -0.180. The minimum atomic E-state index is -1.31. The first-order chi connectivity index (χ1) is 9.52. The zero-order chi connectivity index (χ0) is 14.7. The van der Waals surface area contributed by atoms with Crippen molar-refractivity contribution in [3.63, 3.8) is 0 Å². The monoisotopic (exact) mass is 280 g/mol. The maximum atomic E-state index is 10.9. The lowest BCUT2D eigenvalue weighted by Crippen LogP contribution is -2.29. The summed E-state index contributed by atoms with van der Waals surface area (Å²) in [6, 6.07) is 4.14. The van der Waals surface area contributed by atoms with Gasteiger partial charge in [0.1, 0.15) is 5.56 Å². The van der Waals surface area contributed by atoms with Crippen LogP contribution in [-0.4, -0.2) is 35.3 Å². The highest BCUT2D eigenvalue weighted by atomic mass is 16.6. The number of nitrogens with one attached hydrogen (secondary N) is 1. The highest BCUT2D eigenvalue weighted by molar-refractivity contribution is 5.93. The molecule has 2 N–H and O–H groups in total. The van der Waals surface area contributed by atoms with Crippen LogP contribution in [0.5, 0.6) is 0 Å². The largest absolute Gasteiger partial charge is 0.477 e. The molecule has 1 aliphatic rings. The topological polar surface area (TPSA) is 102 Å². The molecule has 0 radical (unpaired) electrons. The van der Waals surface area contributed by atoms with Crippen molar-refractivity contribution in [2.24, 2.45) is 0 Å². The van der Waals surface area contributed by atoms with Gasteiger partial charge in [-0.15, -0.1) is 0 Å². The average molecular weight is 280 g/mol. The third-order valence-electron chi connectivity index (χ3n) is 3.53. The van der Waals surface area contributed by atoms with Crippen molar-refractivity contribution in [1.82, 2.24) is 0 Å². The van der Waals surface area contributed by atoms with Gasteiger partial charge in [0.15, 0.2) is 0 Å². The molecule has 0 aliphatic heterocycles. The molecule has 1 saturated carbocycles. The quantitative estimate of drug-likeness (QED) is 0.633. The van der Waals surface area contributed by atoms with Crippen molar-refractivity contribution in [2.75, 3.05) is 12.4 Å². The van der Waals surface area contributed by atoms with E-state index in [1.807, 2.05) is 0 Å². The van der Waals surface area contributed by atoms with Crippen LogP contribution in [0, 0.1) is 10.1 Å². The summed E-state index contributed by atoms with van der Waals surface area (Å²) in [4.78, 5) is 21.2. The number of carbonyl (C=O) groups is 1. The molecule has 20 heavy (non-hydrogen) atoms. The Labute approximate surface area is 115 Å². The maximum Gasteiger partial charge on any atom is 0.342 e. The smallest absolute Gasteiger partial charge is 0.342 e. The van der Waals surface area contributed by atoms with Crippen LogP contribution >= 0.6 is 0 Å². The number of hydrogen-bond acceptors (Lipinski definition) is 5. The van der Waals surface area contributed by atoms with Gasteiger partial charge >= 0.3 is 5.97 Å². The molecular weight excluding hydrogens is 264 g/mol. The third kappa shape index (κ3) is 2.88. The zero-order valence-electron chi connectivity index (χ0n) is 11.0. The average Bonchev–Trinajstić information content (AvgIpc) is 2.85. The fourth-order valence-corrected chi connectivity index (χ4v) is 2.54. The molecule has 1 aliphatic carbocycles. The number of nitrogens with zero attached hydrogens (tertiary/aromatic N) is 1. The number of benzene rings is 1. The molecule has 7 nitrogen and oxygen atoms in total. The second kappa shape index (κ2) is 5.87. The highest BCUT2D eigenvalue weighted by Crippen LogP contribution is 2.28. The van der Waals surface area contributed by atoms with Gasteiger partial charge < -0.3 is 15.2 Å². The molecular formula is C13H16N2O5. The first kappa shape index (κ1) is 14.3. The van der Waals surface area contributed by atoms with E-state index in [0.717, 1.165) is 19.3 Å². The van der Waals surface area contributed by atoms with E-state index >= 15 is 0 Å². The van der Waals surface area contributed by atoms with Gasteiger partial charge in [-0.1, -0.05) is 0 Å². The van der Waals surface area contributed by atoms with Crippen molar-refractivity contribution < 1.29 is 19.6 Å². The molecule has 2 unspecified atom stereocenters. The van der Waals surface area contributed by atoms with Crippen LogP contribution in [0.25, 0.3) is 0 Å². The molecule has 0 heterocycles. The molecule has 0 aromatic heterocycles. The fourth-order valence-electron chi connectivity index (χ4n) is 2.54. The first-order valence-electron chi connectivity index (χ1n) is 6.34. The number of anilines is 1. The Morgan fingerprint density at radius 1 is 1.50 bits per heavy atom. The van der Waals surface area contributed by atoms with E-state index in [0.29, 0.717) is 5.69 Å². The molecule has 1 aromatic carbocycles. The van der Waals surface area contributed by atoms with Crippen molar-refractivity contribution in [3.05, 3.63) is 33.9 Å². The summed E-state index contributed by atoms with van der Waals surface area (Å²) < 4.78 is 5.35. The minimum absolute atomic E-state index is 0.0770. The summed E-state index contributed by atoms with van der Waals surface area (Å²) in [5, 5.41) is 23.0. The molecule has 0 amide bonds. The lowest BCUT2D eigenvalue weighted by atomic mass is 10.1. The Kier molecular flexibility index (Phi) is 4.19. The van der Waals surface area contributed by atoms with E-state index in [9.17, 15) is 14.9 Å². The van der Waals surface area contributed by atoms with Gasteiger partial charge in [-0.3, -0.25) is 10.1 Å². The summed E-state index contributed by atoms with van der Waals surface area (Å²) in [5.74, 6) is -1.31. The van der Waals surface area contributed by atoms with Crippen LogP contribution < -0.4 is 5.32 Å². The van der Waals surface area contributed by atoms with Gasteiger partial charge in [-0.05, 0) is 31.4 Å². The van der Waals surface area contributed by atoms with Gasteiger partial charge in [0.25, 0.3) is 5.69 Å². The SMILES string of the molecule is COC1CCCC1Nc1ccc(C(=O)O)c([N+](=O)[O-])c1. The van der Waals surface area contributed by atoms with E-state index in [1.165, 1.54) is 12.1 Å². The summed E-state index contributed by atoms with van der Waals surface area (Å²) in [6.07, 6.45) is 2.98. The number of carboxylic acid groups (broad SMARTS) is 1.